The predicted octanol–water partition coefficient (Wildman–Crippen LogP) is 3.82. The van der Waals surface area contributed by atoms with Crippen molar-refractivity contribution in [2.24, 2.45) is 0 Å². The molecule has 0 radical (unpaired) electrons. The zero-order valence-corrected chi connectivity index (χ0v) is 15.0. The number of carbonyl (C=O) groups is 1. The number of hydrogen-bond donors (Lipinski definition) is 1. The van der Waals surface area contributed by atoms with E-state index in [0.29, 0.717) is 24.5 Å². The molecule has 0 aromatic heterocycles. The second-order valence-corrected chi connectivity index (χ2v) is 5.72. The van der Waals surface area contributed by atoms with Gasteiger partial charge in [0.1, 0.15) is 17.2 Å². The molecule has 0 saturated carbocycles. The lowest BCUT2D eigenvalue weighted by Gasteiger charge is -2.18. The van der Waals surface area contributed by atoms with Crippen molar-refractivity contribution in [2.75, 3.05) is 20.8 Å². The number of carboxylic acid groups (broad SMARTS) is 1. The quantitative estimate of drug-likeness (QED) is 0.788. The van der Waals surface area contributed by atoms with Crippen molar-refractivity contribution in [3.05, 3.63) is 53.1 Å². The maximum absolute atomic E-state index is 11.9. The van der Waals surface area contributed by atoms with E-state index in [9.17, 15) is 9.90 Å². The van der Waals surface area contributed by atoms with E-state index in [1.54, 1.807) is 20.3 Å². The zero-order chi connectivity index (χ0) is 18.4. The highest BCUT2D eigenvalue weighted by Crippen LogP contribution is 2.32. The zero-order valence-electron chi connectivity index (χ0n) is 15.0. The van der Waals surface area contributed by atoms with Crippen molar-refractivity contribution in [1.82, 2.24) is 0 Å². The Kier molecular flexibility index (Phi) is 6.28. The fraction of sp³-hybridized carbons (Fsp3) is 0.350. The largest absolute Gasteiger partial charge is 0.497 e. The number of hydrogen-bond acceptors (Lipinski definition) is 4. The fourth-order valence-electron chi connectivity index (χ4n) is 2.87. The van der Waals surface area contributed by atoms with Gasteiger partial charge in [0.2, 0.25) is 0 Å². The van der Waals surface area contributed by atoms with Crippen LogP contribution >= 0.6 is 0 Å². The van der Waals surface area contributed by atoms with Crippen LogP contribution in [0, 0.1) is 6.92 Å². The van der Waals surface area contributed by atoms with Crippen LogP contribution in [0.4, 0.5) is 0 Å². The Hall–Kier alpha value is -2.69. The number of benzene rings is 2. The molecule has 0 spiro atoms. The molecular formula is C20H24O5. The van der Waals surface area contributed by atoms with Crippen LogP contribution in [0.15, 0.2) is 36.4 Å². The van der Waals surface area contributed by atoms with E-state index < -0.39 is 11.9 Å². The third kappa shape index (κ3) is 4.44. The minimum absolute atomic E-state index is 0.331. The van der Waals surface area contributed by atoms with Crippen molar-refractivity contribution in [3.8, 4) is 17.2 Å². The SMILES string of the molecule is CCOc1ccc(C(Cc2ccc(OC)cc2OC)C(=O)O)c(C)c1. The molecule has 2 rings (SSSR count). The Morgan fingerprint density at radius 3 is 2.36 bits per heavy atom. The molecule has 0 bridgehead atoms. The highest BCUT2D eigenvalue weighted by Gasteiger charge is 2.24. The van der Waals surface area contributed by atoms with Crippen molar-refractivity contribution in [1.29, 1.82) is 0 Å². The smallest absolute Gasteiger partial charge is 0.311 e. The summed E-state index contributed by atoms with van der Waals surface area (Å²) in [6, 6.07) is 10.9. The van der Waals surface area contributed by atoms with Crippen LogP contribution in [0.25, 0.3) is 0 Å². The Labute approximate surface area is 148 Å². The first-order valence-electron chi connectivity index (χ1n) is 8.17. The van der Waals surface area contributed by atoms with Gasteiger partial charge in [0.15, 0.2) is 0 Å². The van der Waals surface area contributed by atoms with Crippen LogP contribution in [0.1, 0.15) is 29.5 Å². The number of ether oxygens (including phenoxy) is 3. The monoisotopic (exact) mass is 344 g/mol. The summed E-state index contributed by atoms with van der Waals surface area (Å²) in [5, 5.41) is 9.75. The molecule has 0 fully saturated rings. The summed E-state index contributed by atoms with van der Waals surface area (Å²) in [5.74, 6) is 0.497. The minimum Gasteiger partial charge on any atom is -0.497 e. The Morgan fingerprint density at radius 1 is 1.08 bits per heavy atom. The Balaban J connectivity index is 2.35. The second-order valence-electron chi connectivity index (χ2n) is 5.72. The van der Waals surface area contributed by atoms with E-state index in [-0.39, 0.29) is 0 Å². The average molecular weight is 344 g/mol. The predicted molar refractivity (Wildman–Crippen MR) is 96.0 cm³/mol. The van der Waals surface area contributed by atoms with Gasteiger partial charge in [-0.3, -0.25) is 4.79 Å². The molecule has 0 aliphatic rings. The average Bonchev–Trinajstić information content (AvgIpc) is 2.60. The summed E-state index contributed by atoms with van der Waals surface area (Å²) in [4.78, 5) is 11.9. The van der Waals surface area contributed by atoms with Crippen molar-refractivity contribution in [3.63, 3.8) is 0 Å². The van der Waals surface area contributed by atoms with E-state index in [1.807, 2.05) is 44.2 Å². The Morgan fingerprint density at radius 2 is 1.80 bits per heavy atom. The van der Waals surface area contributed by atoms with Crippen LogP contribution in [0.3, 0.4) is 0 Å². The first-order chi connectivity index (χ1) is 12.0. The maximum atomic E-state index is 11.9. The van der Waals surface area contributed by atoms with E-state index in [1.165, 1.54) is 0 Å². The molecule has 5 nitrogen and oxygen atoms in total. The van der Waals surface area contributed by atoms with Gasteiger partial charge in [0.05, 0.1) is 26.7 Å². The summed E-state index contributed by atoms with van der Waals surface area (Å²) in [7, 11) is 3.15. The molecule has 1 N–H and O–H groups in total. The molecule has 0 amide bonds. The van der Waals surface area contributed by atoms with E-state index in [2.05, 4.69) is 0 Å². The molecule has 134 valence electrons. The first-order valence-corrected chi connectivity index (χ1v) is 8.17. The van der Waals surface area contributed by atoms with Gasteiger partial charge in [-0.15, -0.1) is 0 Å². The third-order valence-corrected chi connectivity index (χ3v) is 4.14. The van der Waals surface area contributed by atoms with Gasteiger partial charge in [0, 0.05) is 6.07 Å². The number of aliphatic carboxylic acids is 1. The van der Waals surface area contributed by atoms with Crippen molar-refractivity contribution >= 4 is 5.97 Å². The standard InChI is InChI=1S/C20H24O5/c1-5-25-16-8-9-17(13(2)10-16)18(20(21)22)11-14-6-7-15(23-3)12-19(14)24-4/h6-10,12,18H,5,11H2,1-4H3,(H,21,22). The highest BCUT2D eigenvalue weighted by molar-refractivity contribution is 5.77. The minimum atomic E-state index is -0.870. The molecule has 25 heavy (non-hydrogen) atoms. The van der Waals surface area contributed by atoms with Crippen LogP contribution < -0.4 is 14.2 Å². The van der Waals surface area contributed by atoms with Gasteiger partial charge >= 0.3 is 5.97 Å². The lowest BCUT2D eigenvalue weighted by atomic mass is 9.88. The molecule has 0 heterocycles. The molecule has 2 aromatic rings. The van der Waals surface area contributed by atoms with Gasteiger partial charge in [-0.05, 0) is 55.2 Å². The third-order valence-electron chi connectivity index (χ3n) is 4.14. The molecule has 0 aliphatic heterocycles. The Bertz CT molecular complexity index is 739. The van der Waals surface area contributed by atoms with Gasteiger partial charge in [-0.1, -0.05) is 12.1 Å². The summed E-state index contributed by atoms with van der Waals surface area (Å²) in [5.41, 5.74) is 2.49. The van der Waals surface area contributed by atoms with Crippen LogP contribution in [0.2, 0.25) is 0 Å². The van der Waals surface area contributed by atoms with Gasteiger partial charge in [0.25, 0.3) is 0 Å². The van der Waals surface area contributed by atoms with Crippen LogP contribution in [-0.4, -0.2) is 31.9 Å². The topological polar surface area (TPSA) is 65.0 Å². The second kappa shape index (κ2) is 8.42. The number of carboxylic acids is 1. The number of aryl methyl sites for hydroxylation is 1. The first kappa shape index (κ1) is 18.6. The molecule has 0 aliphatic carbocycles. The van der Waals surface area contributed by atoms with Crippen molar-refractivity contribution in [2.45, 2.75) is 26.2 Å². The molecule has 5 heteroatoms. The lowest BCUT2D eigenvalue weighted by Crippen LogP contribution is -2.16. The maximum Gasteiger partial charge on any atom is 0.311 e. The molecule has 0 saturated heterocycles. The van der Waals surface area contributed by atoms with Gasteiger partial charge in [-0.2, -0.15) is 0 Å². The molecule has 1 unspecified atom stereocenters. The molecule has 2 aromatic carbocycles. The fourth-order valence-corrected chi connectivity index (χ4v) is 2.87. The van der Waals surface area contributed by atoms with E-state index in [4.69, 9.17) is 14.2 Å². The normalized spacial score (nSPS) is 11.7. The summed E-state index contributed by atoms with van der Waals surface area (Å²) in [6.45, 7) is 4.39. The van der Waals surface area contributed by atoms with Crippen LogP contribution in [0.5, 0.6) is 17.2 Å². The number of methoxy groups -OCH3 is 2. The van der Waals surface area contributed by atoms with Gasteiger partial charge < -0.3 is 19.3 Å². The van der Waals surface area contributed by atoms with E-state index >= 15 is 0 Å². The summed E-state index contributed by atoms with van der Waals surface area (Å²) < 4.78 is 16.1. The molecular weight excluding hydrogens is 320 g/mol. The highest BCUT2D eigenvalue weighted by atomic mass is 16.5. The number of rotatable bonds is 8. The molecule has 1 atom stereocenters. The summed E-state index contributed by atoms with van der Waals surface area (Å²) >= 11 is 0. The van der Waals surface area contributed by atoms with Crippen molar-refractivity contribution < 1.29 is 24.1 Å². The van der Waals surface area contributed by atoms with E-state index in [0.717, 1.165) is 22.4 Å². The van der Waals surface area contributed by atoms with Gasteiger partial charge in [-0.25, -0.2) is 0 Å². The lowest BCUT2D eigenvalue weighted by molar-refractivity contribution is -0.138. The summed E-state index contributed by atoms with van der Waals surface area (Å²) in [6.07, 6.45) is 0.331. The van der Waals surface area contributed by atoms with Crippen LogP contribution in [-0.2, 0) is 11.2 Å².